The van der Waals surface area contributed by atoms with Gasteiger partial charge in [0.1, 0.15) is 13.2 Å². The van der Waals surface area contributed by atoms with E-state index in [1.165, 1.54) is 19.3 Å². The number of hydrogen-bond donors (Lipinski definition) is 0. The summed E-state index contributed by atoms with van der Waals surface area (Å²) in [6.07, 6.45) is 6.06. The molecule has 0 N–H and O–H groups in total. The number of carbonyl (C=O) groups excluding carboxylic acids is 2. The molecular formula is C30H56O12. The summed E-state index contributed by atoms with van der Waals surface area (Å²) in [6.45, 7) is 15.0. The van der Waals surface area contributed by atoms with E-state index in [1.807, 2.05) is 0 Å². The molecule has 0 aromatic rings. The van der Waals surface area contributed by atoms with Crippen molar-refractivity contribution in [2.45, 2.75) is 52.4 Å². The summed E-state index contributed by atoms with van der Waals surface area (Å²) in [5.74, 6) is -0.565. The van der Waals surface area contributed by atoms with E-state index in [-0.39, 0.29) is 19.2 Å². The van der Waals surface area contributed by atoms with E-state index in [0.29, 0.717) is 118 Å². The highest BCUT2D eigenvalue weighted by Gasteiger charge is 2.03. The molecule has 42 heavy (non-hydrogen) atoms. The van der Waals surface area contributed by atoms with Crippen LogP contribution < -0.4 is 0 Å². The molecule has 0 saturated carbocycles. The van der Waals surface area contributed by atoms with Gasteiger partial charge in [0.15, 0.2) is 0 Å². The van der Waals surface area contributed by atoms with E-state index in [1.54, 1.807) is 6.92 Å². The maximum Gasteiger partial charge on any atom is 0.333 e. The van der Waals surface area contributed by atoms with Gasteiger partial charge in [0.2, 0.25) is 0 Å². The molecule has 248 valence electrons. The fourth-order valence-corrected chi connectivity index (χ4v) is 3.12. The molecule has 0 aromatic heterocycles. The predicted octanol–water partition coefficient (Wildman–Crippen LogP) is 3.14. The topological polar surface area (TPSA) is 126 Å². The lowest BCUT2D eigenvalue weighted by Crippen LogP contribution is -2.15. The highest BCUT2D eigenvalue weighted by molar-refractivity contribution is 5.86. The first-order valence-corrected chi connectivity index (χ1v) is 15.2. The van der Waals surface area contributed by atoms with E-state index in [4.69, 9.17) is 47.4 Å². The van der Waals surface area contributed by atoms with Crippen LogP contribution in [0.2, 0.25) is 0 Å². The smallest absolute Gasteiger partial charge is 0.333 e. The monoisotopic (exact) mass is 608 g/mol. The zero-order chi connectivity index (χ0) is 30.8. The van der Waals surface area contributed by atoms with E-state index >= 15 is 0 Å². The van der Waals surface area contributed by atoms with Crippen molar-refractivity contribution in [1.29, 1.82) is 0 Å². The van der Waals surface area contributed by atoms with Crippen molar-refractivity contribution in [1.82, 2.24) is 0 Å². The average molecular weight is 609 g/mol. The summed E-state index contributed by atoms with van der Waals surface area (Å²) in [6, 6.07) is 0. The van der Waals surface area contributed by atoms with Crippen LogP contribution in [0.15, 0.2) is 12.2 Å². The summed E-state index contributed by atoms with van der Waals surface area (Å²) in [5, 5.41) is 0. The number of hydrogen-bond acceptors (Lipinski definition) is 12. The quantitative estimate of drug-likeness (QED) is 0.0605. The minimum atomic E-state index is -0.414. The molecular weight excluding hydrogens is 552 g/mol. The summed E-state index contributed by atoms with van der Waals surface area (Å²) < 4.78 is 53.3. The molecule has 0 amide bonds. The Hall–Kier alpha value is -1.64. The molecule has 0 fully saturated rings. The van der Waals surface area contributed by atoms with Crippen LogP contribution in [0.25, 0.3) is 0 Å². The van der Waals surface area contributed by atoms with Gasteiger partial charge < -0.3 is 47.4 Å². The SMILES string of the molecule is C=C(C)C(=O)OCCOCCOCCOCCOCCOCCOCCOCCOCCOC(=O)CCCCCCC. The Morgan fingerprint density at radius 2 is 0.762 bits per heavy atom. The summed E-state index contributed by atoms with van der Waals surface area (Å²) in [7, 11) is 0. The van der Waals surface area contributed by atoms with Gasteiger partial charge in [-0.25, -0.2) is 4.79 Å². The number of rotatable bonds is 34. The standard InChI is InChI=1S/C30H56O12/c1-4-5-6-7-8-9-29(31)41-26-24-39-22-20-37-18-16-35-14-12-33-10-11-34-13-15-36-17-19-38-21-23-40-25-27-42-30(32)28(2)3/h2,4-27H2,1,3H3. The van der Waals surface area contributed by atoms with E-state index in [0.717, 1.165) is 12.8 Å². The lowest BCUT2D eigenvalue weighted by atomic mass is 10.1. The van der Waals surface area contributed by atoms with Crippen LogP contribution in [0.4, 0.5) is 0 Å². The first-order valence-electron chi connectivity index (χ1n) is 15.2. The van der Waals surface area contributed by atoms with Gasteiger partial charge in [-0.15, -0.1) is 0 Å². The third kappa shape index (κ3) is 32.9. The maximum atomic E-state index is 11.6. The molecule has 12 heteroatoms. The summed E-state index contributed by atoms with van der Waals surface area (Å²) >= 11 is 0. The van der Waals surface area contributed by atoms with Gasteiger partial charge in [-0.3, -0.25) is 4.79 Å². The van der Waals surface area contributed by atoms with Gasteiger partial charge in [-0.2, -0.15) is 0 Å². The lowest BCUT2D eigenvalue weighted by Gasteiger charge is -2.09. The molecule has 0 rings (SSSR count). The molecule has 0 aliphatic carbocycles. The van der Waals surface area contributed by atoms with Crippen LogP contribution in [0, 0.1) is 0 Å². The molecule has 12 nitrogen and oxygen atoms in total. The third-order valence-electron chi connectivity index (χ3n) is 5.39. The zero-order valence-electron chi connectivity index (χ0n) is 26.1. The van der Waals surface area contributed by atoms with E-state index in [2.05, 4.69) is 13.5 Å². The van der Waals surface area contributed by atoms with Crippen LogP contribution in [0.3, 0.4) is 0 Å². The third-order valence-corrected chi connectivity index (χ3v) is 5.39. The molecule has 0 saturated heterocycles. The van der Waals surface area contributed by atoms with Crippen molar-refractivity contribution in [2.24, 2.45) is 0 Å². The molecule has 0 aromatic carbocycles. The fourth-order valence-electron chi connectivity index (χ4n) is 3.12. The molecule has 0 bridgehead atoms. The number of ether oxygens (including phenoxy) is 10. The minimum absolute atomic E-state index is 0.151. The maximum absolute atomic E-state index is 11.6. The van der Waals surface area contributed by atoms with Crippen molar-refractivity contribution < 1.29 is 57.0 Å². The van der Waals surface area contributed by atoms with Crippen molar-refractivity contribution in [3.8, 4) is 0 Å². The molecule has 0 spiro atoms. The van der Waals surface area contributed by atoms with Crippen molar-refractivity contribution in [2.75, 3.05) is 119 Å². The van der Waals surface area contributed by atoms with Gasteiger partial charge in [-0.05, 0) is 13.3 Å². The normalized spacial score (nSPS) is 11.1. The largest absolute Gasteiger partial charge is 0.463 e. The van der Waals surface area contributed by atoms with E-state index < -0.39 is 5.97 Å². The highest BCUT2D eigenvalue weighted by Crippen LogP contribution is 2.05. The molecule has 0 atom stereocenters. The van der Waals surface area contributed by atoms with Gasteiger partial charge >= 0.3 is 11.9 Å². The molecule has 0 aliphatic rings. The first-order chi connectivity index (χ1) is 20.6. The second kappa shape index (κ2) is 33.9. The van der Waals surface area contributed by atoms with Gasteiger partial charge in [0, 0.05) is 12.0 Å². The Morgan fingerprint density at radius 3 is 1.10 bits per heavy atom. The minimum Gasteiger partial charge on any atom is -0.463 e. The second-order valence-corrected chi connectivity index (χ2v) is 9.20. The predicted molar refractivity (Wildman–Crippen MR) is 157 cm³/mol. The Morgan fingerprint density at radius 1 is 0.452 bits per heavy atom. The molecule has 0 radical (unpaired) electrons. The first kappa shape index (κ1) is 40.4. The van der Waals surface area contributed by atoms with Crippen LogP contribution in [-0.4, -0.2) is 131 Å². The van der Waals surface area contributed by atoms with Crippen LogP contribution >= 0.6 is 0 Å². The van der Waals surface area contributed by atoms with Gasteiger partial charge in [0.25, 0.3) is 0 Å². The fraction of sp³-hybridized carbons (Fsp3) is 0.867. The average Bonchev–Trinajstić information content (AvgIpc) is 2.98. The molecule has 0 unspecified atom stereocenters. The van der Waals surface area contributed by atoms with Gasteiger partial charge in [-0.1, -0.05) is 39.2 Å². The number of carbonyl (C=O) groups is 2. The molecule has 0 heterocycles. The Balaban J connectivity index is 3.12. The Bertz CT molecular complexity index is 617. The van der Waals surface area contributed by atoms with Crippen molar-refractivity contribution in [3.63, 3.8) is 0 Å². The number of unbranched alkanes of at least 4 members (excludes halogenated alkanes) is 4. The Kier molecular flexibility index (Phi) is 32.5. The second-order valence-electron chi connectivity index (χ2n) is 9.20. The van der Waals surface area contributed by atoms with E-state index in [9.17, 15) is 9.59 Å². The summed E-state index contributed by atoms with van der Waals surface area (Å²) in [5.41, 5.74) is 0.369. The zero-order valence-corrected chi connectivity index (χ0v) is 26.1. The Labute approximate surface area is 252 Å². The lowest BCUT2D eigenvalue weighted by molar-refractivity contribution is -0.145. The van der Waals surface area contributed by atoms with Crippen LogP contribution in [-0.2, 0) is 57.0 Å². The number of esters is 2. The summed E-state index contributed by atoms with van der Waals surface area (Å²) in [4.78, 5) is 22.8. The van der Waals surface area contributed by atoms with Gasteiger partial charge in [0.05, 0.1) is 106 Å². The highest BCUT2D eigenvalue weighted by atomic mass is 16.6. The molecule has 0 aliphatic heterocycles. The van der Waals surface area contributed by atoms with Crippen molar-refractivity contribution >= 4 is 11.9 Å². The van der Waals surface area contributed by atoms with Crippen LogP contribution in [0.5, 0.6) is 0 Å². The van der Waals surface area contributed by atoms with Crippen LogP contribution in [0.1, 0.15) is 52.4 Å². The van der Waals surface area contributed by atoms with Crippen molar-refractivity contribution in [3.05, 3.63) is 12.2 Å².